The molecule has 2 heteroatoms. The predicted molar refractivity (Wildman–Crippen MR) is 56.1 cm³/mol. The highest BCUT2D eigenvalue weighted by atomic mass is 79.9. The molecule has 1 nitrogen and oxygen atoms in total. The van der Waals surface area contributed by atoms with E-state index in [1.165, 1.54) is 11.1 Å². The van der Waals surface area contributed by atoms with Crippen molar-refractivity contribution < 1.29 is 0 Å². The molecule has 0 saturated carbocycles. The van der Waals surface area contributed by atoms with E-state index in [1.807, 2.05) is 0 Å². The van der Waals surface area contributed by atoms with Gasteiger partial charge in [-0.05, 0) is 30.5 Å². The Labute approximate surface area is 82.1 Å². The number of aryl methyl sites for hydroxylation is 1. The molecule has 1 aromatic rings. The second-order valence-electron chi connectivity index (χ2n) is 3.04. The summed E-state index contributed by atoms with van der Waals surface area (Å²) >= 11 is 3.51. The summed E-state index contributed by atoms with van der Waals surface area (Å²) < 4.78 is 1.12. The third kappa shape index (κ3) is 2.08. The fourth-order valence-electron chi connectivity index (χ4n) is 1.15. The molecule has 1 atom stereocenters. The van der Waals surface area contributed by atoms with Crippen LogP contribution in [0.2, 0.25) is 0 Å². The zero-order valence-corrected chi connectivity index (χ0v) is 9.06. The number of hydrogen-bond donors (Lipinski definition) is 1. The Kier molecular flexibility index (Phi) is 3.29. The van der Waals surface area contributed by atoms with Crippen molar-refractivity contribution in [3.63, 3.8) is 0 Å². The van der Waals surface area contributed by atoms with Crippen LogP contribution < -0.4 is 5.73 Å². The van der Waals surface area contributed by atoms with Gasteiger partial charge in [0.15, 0.2) is 0 Å². The molecule has 66 valence electrons. The van der Waals surface area contributed by atoms with Gasteiger partial charge in [0, 0.05) is 10.5 Å². The van der Waals surface area contributed by atoms with Gasteiger partial charge < -0.3 is 5.73 Å². The van der Waals surface area contributed by atoms with Gasteiger partial charge in [-0.3, -0.25) is 0 Å². The Morgan fingerprint density at radius 1 is 1.50 bits per heavy atom. The van der Waals surface area contributed by atoms with Crippen LogP contribution in [0.5, 0.6) is 0 Å². The summed E-state index contributed by atoms with van der Waals surface area (Å²) in [6, 6.07) is 6.44. The Balaban J connectivity index is 3.01. The van der Waals surface area contributed by atoms with Crippen LogP contribution in [0.25, 0.3) is 0 Å². The second-order valence-corrected chi connectivity index (χ2v) is 3.89. The average molecular weight is 228 g/mol. The lowest BCUT2D eigenvalue weighted by molar-refractivity contribution is 0.695. The van der Waals surface area contributed by atoms with Crippen molar-refractivity contribution in [2.75, 3.05) is 0 Å². The molecule has 0 fully saturated rings. The summed E-state index contributed by atoms with van der Waals surface area (Å²) in [7, 11) is 0. The van der Waals surface area contributed by atoms with E-state index >= 15 is 0 Å². The molecule has 0 amide bonds. The molecule has 0 aliphatic rings. The maximum atomic E-state index is 5.92. The van der Waals surface area contributed by atoms with Crippen molar-refractivity contribution in [2.45, 2.75) is 26.3 Å². The van der Waals surface area contributed by atoms with Crippen molar-refractivity contribution in [1.29, 1.82) is 0 Å². The molecule has 12 heavy (non-hydrogen) atoms. The number of benzene rings is 1. The van der Waals surface area contributed by atoms with Crippen molar-refractivity contribution in [1.82, 2.24) is 0 Å². The highest BCUT2D eigenvalue weighted by Gasteiger charge is 2.06. The zero-order valence-electron chi connectivity index (χ0n) is 7.47. The molecular weight excluding hydrogens is 214 g/mol. The first-order valence-corrected chi connectivity index (χ1v) is 4.96. The number of hydrogen-bond acceptors (Lipinski definition) is 1. The molecule has 0 aromatic heterocycles. The highest BCUT2D eigenvalue weighted by Crippen LogP contribution is 2.24. The van der Waals surface area contributed by atoms with Gasteiger partial charge in [-0.1, -0.05) is 35.0 Å². The fourth-order valence-corrected chi connectivity index (χ4v) is 1.94. The lowest BCUT2D eigenvalue weighted by Crippen LogP contribution is -2.09. The molecule has 1 unspecified atom stereocenters. The molecule has 0 aliphatic heterocycles. The van der Waals surface area contributed by atoms with E-state index < -0.39 is 0 Å². The fraction of sp³-hybridized carbons (Fsp3) is 0.400. The summed E-state index contributed by atoms with van der Waals surface area (Å²) in [6.45, 7) is 4.17. The minimum absolute atomic E-state index is 0.153. The molecule has 0 spiro atoms. The van der Waals surface area contributed by atoms with Crippen molar-refractivity contribution in [3.8, 4) is 0 Å². The number of nitrogens with two attached hydrogens (primary N) is 1. The van der Waals surface area contributed by atoms with Gasteiger partial charge in [-0.2, -0.15) is 0 Å². The third-order valence-electron chi connectivity index (χ3n) is 2.00. The van der Waals surface area contributed by atoms with E-state index in [-0.39, 0.29) is 6.04 Å². The summed E-state index contributed by atoms with van der Waals surface area (Å²) in [6.07, 6.45) is 0.974. The van der Waals surface area contributed by atoms with Crippen molar-refractivity contribution >= 4 is 15.9 Å². The molecular formula is C10H14BrN. The molecule has 1 aromatic carbocycles. The predicted octanol–water partition coefficient (Wildman–Crippen LogP) is 3.17. The largest absolute Gasteiger partial charge is 0.324 e. The van der Waals surface area contributed by atoms with Crippen LogP contribution in [-0.2, 0) is 0 Å². The maximum absolute atomic E-state index is 5.92. The normalized spacial score (nSPS) is 13.0. The SMILES string of the molecule is CCC(N)c1ccc(C)cc1Br. The van der Waals surface area contributed by atoms with Gasteiger partial charge in [0.25, 0.3) is 0 Å². The van der Waals surface area contributed by atoms with Gasteiger partial charge in [0.2, 0.25) is 0 Å². The molecule has 1 rings (SSSR count). The lowest BCUT2D eigenvalue weighted by atomic mass is 10.0. The van der Waals surface area contributed by atoms with E-state index in [1.54, 1.807) is 0 Å². The molecule has 2 N–H and O–H groups in total. The first-order valence-electron chi connectivity index (χ1n) is 4.16. The van der Waals surface area contributed by atoms with Crippen LogP contribution in [0, 0.1) is 6.92 Å². The van der Waals surface area contributed by atoms with Gasteiger partial charge in [-0.15, -0.1) is 0 Å². The van der Waals surface area contributed by atoms with E-state index in [2.05, 4.69) is 48.0 Å². The van der Waals surface area contributed by atoms with Crippen LogP contribution in [-0.4, -0.2) is 0 Å². The first kappa shape index (κ1) is 9.75. The van der Waals surface area contributed by atoms with Crippen LogP contribution >= 0.6 is 15.9 Å². The standard InChI is InChI=1S/C10H14BrN/c1-3-10(12)8-5-4-7(2)6-9(8)11/h4-6,10H,3,12H2,1-2H3. The van der Waals surface area contributed by atoms with Gasteiger partial charge in [-0.25, -0.2) is 0 Å². The number of rotatable bonds is 2. The van der Waals surface area contributed by atoms with Gasteiger partial charge in [0.1, 0.15) is 0 Å². The molecule has 0 bridgehead atoms. The Morgan fingerprint density at radius 2 is 2.17 bits per heavy atom. The summed E-state index contributed by atoms with van der Waals surface area (Å²) in [5.74, 6) is 0. The molecule has 0 radical (unpaired) electrons. The van der Waals surface area contributed by atoms with Crippen molar-refractivity contribution in [3.05, 3.63) is 33.8 Å². The lowest BCUT2D eigenvalue weighted by Gasteiger charge is -2.11. The van der Waals surface area contributed by atoms with Crippen molar-refractivity contribution in [2.24, 2.45) is 5.73 Å². The Bertz CT molecular complexity index is 271. The maximum Gasteiger partial charge on any atom is 0.0303 e. The van der Waals surface area contributed by atoms with E-state index in [0.717, 1.165) is 10.9 Å². The van der Waals surface area contributed by atoms with Gasteiger partial charge in [0.05, 0.1) is 0 Å². The van der Waals surface area contributed by atoms with E-state index in [0.29, 0.717) is 0 Å². The monoisotopic (exact) mass is 227 g/mol. The van der Waals surface area contributed by atoms with Crippen LogP contribution in [0.1, 0.15) is 30.5 Å². The topological polar surface area (TPSA) is 26.0 Å². The minimum Gasteiger partial charge on any atom is -0.324 e. The Morgan fingerprint density at radius 3 is 2.67 bits per heavy atom. The van der Waals surface area contributed by atoms with Crippen LogP contribution in [0.4, 0.5) is 0 Å². The van der Waals surface area contributed by atoms with E-state index in [4.69, 9.17) is 5.73 Å². The molecule has 0 saturated heterocycles. The zero-order chi connectivity index (χ0) is 9.14. The summed E-state index contributed by atoms with van der Waals surface area (Å²) in [5.41, 5.74) is 8.37. The third-order valence-corrected chi connectivity index (χ3v) is 2.68. The minimum atomic E-state index is 0.153. The summed E-state index contributed by atoms with van der Waals surface area (Å²) in [4.78, 5) is 0. The molecule has 0 heterocycles. The average Bonchev–Trinajstić information content (AvgIpc) is 2.03. The van der Waals surface area contributed by atoms with E-state index in [9.17, 15) is 0 Å². The van der Waals surface area contributed by atoms with Gasteiger partial charge >= 0.3 is 0 Å². The first-order chi connectivity index (χ1) is 5.65. The summed E-state index contributed by atoms with van der Waals surface area (Å²) in [5, 5.41) is 0. The number of halogens is 1. The quantitative estimate of drug-likeness (QED) is 0.826. The Hall–Kier alpha value is -0.340. The second kappa shape index (κ2) is 4.06. The smallest absolute Gasteiger partial charge is 0.0303 e. The highest BCUT2D eigenvalue weighted by molar-refractivity contribution is 9.10. The van der Waals surface area contributed by atoms with Crippen LogP contribution in [0.15, 0.2) is 22.7 Å². The van der Waals surface area contributed by atoms with Crippen LogP contribution in [0.3, 0.4) is 0 Å². The molecule has 0 aliphatic carbocycles.